The maximum atomic E-state index is 11.8. The van der Waals surface area contributed by atoms with E-state index < -0.39 is 22.8 Å². The Morgan fingerprint density at radius 1 is 1.56 bits per heavy atom. The lowest BCUT2D eigenvalue weighted by atomic mass is 10.2. The first-order valence-electron chi connectivity index (χ1n) is 5.30. The van der Waals surface area contributed by atoms with Crippen molar-refractivity contribution in [1.82, 2.24) is 9.78 Å². The van der Waals surface area contributed by atoms with E-state index in [0.29, 0.717) is 0 Å². The zero-order valence-electron chi connectivity index (χ0n) is 10.5. The predicted octanol–water partition coefficient (Wildman–Crippen LogP) is 1.72. The number of nitrogens with one attached hydrogen (secondary N) is 1. The Balaban J connectivity index is 3.20. The van der Waals surface area contributed by atoms with Crippen molar-refractivity contribution in [2.24, 2.45) is 5.18 Å². The van der Waals surface area contributed by atoms with Gasteiger partial charge in [-0.05, 0) is 25.9 Å². The number of esters is 1. The van der Waals surface area contributed by atoms with Gasteiger partial charge in [-0.1, -0.05) is 6.08 Å². The second kappa shape index (κ2) is 4.99. The van der Waals surface area contributed by atoms with E-state index in [0.717, 1.165) is 4.68 Å². The van der Waals surface area contributed by atoms with Crippen molar-refractivity contribution in [3.8, 4) is 0 Å². The highest BCUT2D eigenvalue weighted by molar-refractivity contribution is 5.92. The number of H-pyrrole nitrogens is 1. The smallest absolute Gasteiger partial charge is 0.359 e. The van der Waals surface area contributed by atoms with Gasteiger partial charge in [-0.15, -0.1) is 11.5 Å². The summed E-state index contributed by atoms with van der Waals surface area (Å²) in [4.78, 5) is 34.1. The first kappa shape index (κ1) is 13.9. The second-order valence-electron chi connectivity index (χ2n) is 4.63. The number of ether oxygens (including phenoxy) is 1. The summed E-state index contributed by atoms with van der Waals surface area (Å²) < 4.78 is 6.12. The Morgan fingerprint density at radius 3 is 2.61 bits per heavy atom. The molecule has 0 unspecified atom stereocenters. The van der Waals surface area contributed by atoms with Crippen molar-refractivity contribution in [3.05, 3.63) is 33.6 Å². The van der Waals surface area contributed by atoms with E-state index in [-0.39, 0.29) is 12.2 Å². The molecule has 0 atom stereocenters. The van der Waals surface area contributed by atoms with Crippen LogP contribution in [0.25, 0.3) is 0 Å². The number of hydrogen-bond donors (Lipinski definition) is 1. The molecule has 0 amide bonds. The van der Waals surface area contributed by atoms with Gasteiger partial charge in [-0.3, -0.25) is 9.89 Å². The van der Waals surface area contributed by atoms with Gasteiger partial charge >= 0.3 is 5.97 Å². The van der Waals surface area contributed by atoms with Crippen molar-refractivity contribution in [1.29, 1.82) is 0 Å². The number of allylic oxidation sites excluding steroid dienone is 1. The van der Waals surface area contributed by atoms with Gasteiger partial charge in [-0.25, -0.2) is 9.48 Å². The van der Waals surface area contributed by atoms with Crippen molar-refractivity contribution in [2.75, 3.05) is 0 Å². The molecule has 0 aromatic carbocycles. The van der Waals surface area contributed by atoms with Crippen LogP contribution in [0, 0.1) is 4.91 Å². The number of aromatic amines is 1. The number of aromatic nitrogens is 2. The lowest BCUT2D eigenvalue weighted by molar-refractivity contribution is 0.00630. The topological polar surface area (TPSA) is 93.5 Å². The fourth-order valence-electron chi connectivity index (χ4n) is 1.29. The Kier molecular flexibility index (Phi) is 3.85. The number of nitroso groups, excluding NO2 is 1. The lowest BCUT2D eigenvalue weighted by Gasteiger charge is -2.18. The summed E-state index contributed by atoms with van der Waals surface area (Å²) >= 11 is 0. The minimum atomic E-state index is -0.794. The number of nitrogens with zero attached hydrogens (tertiary/aromatic N) is 2. The molecule has 0 radical (unpaired) electrons. The van der Waals surface area contributed by atoms with Crippen LogP contribution >= 0.6 is 0 Å². The van der Waals surface area contributed by atoms with E-state index in [1.165, 1.54) is 6.08 Å². The molecule has 18 heavy (non-hydrogen) atoms. The molecule has 98 valence electrons. The number of hydrogen-bond acceptors (Lipinski definition) is 5. The normalized spacial score (nSPS) is 11.1. The molecule has 1 heterocycles. The molecule has 0 saturated carbocycles. The summed E-state index contributed by atoms with van der Waals surface area (Å²) in [5.41, 5.74) is -2.13. The maximum absolute atomic E-state index is 11.8. The molecule has 0 aliphatic rings. The van der Waals surface area contributed by atoms with Crippen LogP contribution in [0.3, 0.4) is 0 Å². The largest absolute Gasteiger partial charge is 0.455 e. The molecule has 1 N–H and O–H groups in total. The highest BCUT2D eigenvalue weighted by atomic mass is 16.6. The fourth-order valence-corrected chi connectivity index (χ4v) is 1.29. The van der Waals surface area contributed by atoms with E-state index in [1.807, 2.05) is 0 Å². The molecule has 7 heteroatoms. The summed E-state index contributed by atoms with van der Waals surface area (Å²) in [6.07, 6.45) is 1.45. The third-order valence-electron chi connectivity index (χ3n) is 1.94. The molecule has 0 bridgehead atoms. The minimum absolute atomic E-state index is 0.143. The van der Waals surface area contributed by atoms with Gasteiger partial charge in [0.2, 0.25) is 5.69 Å². The van der Waals surface area contributed by atoms with Crippen LogP contribution in [-0.4, -0.2) is 21.4 Å². The summed E-state index contributed by atoms with van der Waals surface area (Å²) in [6, 6.07) is 0. The Bertz CT molecular complexity index is 533. The molecule has 1 aromatic heterocycles. The molecule has 0 aliphatic heterocycles. The summed E-state index contributed by atoms with van der Waals surface area (Å²) in [6.45, 7) is 8.64. The number of carbonyl (C=O) groups is 1. The summed E-state index contributed by atoms with van der Waals surface area (Å²) in [7, 11) is 0. The molecule has 1 rings (SSSR count). The van der Waals surface area contributed by atoms with Crippen LogP contribution in [0.4, 0.5) is 5.69 Å². The summed E-state index contributed by atoms with van der Waals surface area (Å²) in [5.74, 6) is -0.794. The van der Waals surface area contributed by atoms with Crippen molar-refractivity contribution < 1.29 is 9.53 Å². The highest BCUT2D eigenvalue weighted by Crippen LogP contribution is 2.17. The van der Waals surface area contributed by atoms with Gasteiger partial charge in [0.25, 0.3) is 5.56 Å². The standard InChI is InChI=1S/C11H15N3O4/c1-5-6-14-9(15)7(13-17)8(12-14)10(16)18-11(2,3)4/h5,12H,1,6H2,2-4H3. The Morgan fingerprint density at radius 2 is 2.17 bits per heavy atom. The zero-order chi connectivity index (χ0) is 13.9. The predicted molar refractivity (Wildman–Crippen MR) is 65.9 cm³/mol. The third-order valence-corrected chi connectivity index (χ3v) is 1.94. The quantitative estimate of drug-likeness (QED) is 0.502. The van der Waals surface area contributed by atoms with E-state index in [9.17, 15) is 14.5 Å². The molecule has 0 saturated heterocycles. The monoisotopic (exact) mass is 253 g/mol. The van der Waals surface area contributed by atoms with Crippen molar-refractivity contribution in [3.63, 3.8) is 0 Å². The first-order valence-corrected chi connectivity index (χ1v) is 5.30. The number of rotatable bonds is 4. The van der Waals surface area contributed by atoms with Crippen LogP contribution in [0.2, 0.25) is 0 Å². The van der Waals surface area contributed by atoms with Crippen LogP contribution in [-0.2, 0) is 11.3 Å². The minimum Gasteiger partial charge on any atom is -0.455 e. The average Bonchev–Trinajstić information content (AvgIpc) is 2.54. The molecule has 1 aromatic rings. The molecular formula is C11H15N3O4. The van der Waals surface area contributed by atoms with E-state index in [4.69, 9.17) is 4.74 Å². The van der Waals surface area contributed by atoms with Gasteiger partial charge in [0.1, 0.15) is 5.60 Å². The number of carbonyl (C=O) groups excluding carboxylic acids is 1. The van der Waals surface area contributed by atoms with Gasteiger partial charge in [-0.2, -0.15) is 0 Å². The molecule has 0 spiro atoms. The van der Waals surface area contributed by atoms with Crippen molar-refractivity contribution in [2.45, 2.75) is 32.9 Å². The van der Waals surface area contributed by atoms with Gasteiger partial charge in [0, 0.05) is 0 Å². The van der Waals surface area contributed by atoms with E-state index in [2.05, 4.69) is 16.9 Å². The van der Waals surface area contributed by atoms with Crippen LogP contribution in [0.1, 0.15) is 31.3 Å². The molecule has 0 fully saturated rings. The molecule has 0 aliphatic carbocycles. The summed E-state index contributed by atoms with van der Waals surface area (Å²) in [5, 5.41) is 5.06. The van der Waals surface area contributed by atoms with Crippen LogP contribution < -0.4 is 5.56 Å². The fraction of sp³-hybridized carbons (Fsp3) is 0.455. The van der Waals surface area contributed by atoms with Crippen LogP contribution in [0.15, 0.2) is 22.6 Å². The molecular weight excluding hydrogens is 238 g/mol. The highest BCUT2D eigenvalue weighted by Gasteiger charge is 2.25. The molecule has 7 nitrogen and oxygen atoms in total. The SMILES string of the molecule is C=CCn1[nH]c(C(=O)OC(C)(C)C)c(N=O)c1=O. The Labute approximate surface area is 103 Å². The lowest BCUT2D eigenvalue weighted by Crippen LogP contribution is -2.24. The van der Waals surface area contributed by atoms with Crippen LogP contribution in [0.5, 0.6) is 0 Å². The maximum Gasteiger partial charge on any atom is 0.359 e. The van der Waals surface area contributed by atoms with Gasteiger partial charge in [0.15, 0.2) is 5.69 Å². The zero-order valence-corrected chi connectivity index (χ0v) is 10.5. The first-order chi connectivity index (χ1) is 8.30. The Hall–Kier alpha value is -2.18. The van der Waals surface area contributed by atoms with E-state index in [1.54, 1.807) is 20.8 Å². The third kappa shape index (κ3) is 2.93. The van der Waals surface area contributed by atoms with Gasteiger partial charge in [0.05, 0.1) is 6.54 Å². The average molecular weight is 253 g/mol. The van der Waals surface area contributed by atoms with Gasteiger partial charge < -0.3 is 4.74 Å². The van der Waals surface area contributed by atoms with Crippen molar-refractivity contribution >= 4 is 11.7 Å². The second-order valence-corrected chi connectivity index (χ2v) is 4.63. The van der Waals surface area contributed by atoms with E-state index >= 15 is 0 Å².